The molecule has 0 saturated carbocycles. The van der Waals surface area contributed by atoms with E-state index in [-0.39, 0.29) is 0 Å². The summed E-state index contributed by atoms with van der Waals surface area (Å²) in [6.07, 6.45) is 24.3. The highest BCUT2D eigenvalue weighted by molar-refractivity contribution is 5.32. The van der Waals surface area contributed by atoms with Gasteiger partial charge in [-0.05, 0) is 24.8 Å². The van der Waals surface area contributed by atoms with E-state index >= 15 is 0 Å². The van der Waals surface area contributed by atoms with Crippen LogP contribution < -0.4 is 0 Å². The largest absolute Gasteiger partial charge is 0.0991 e. The van der Waals surface area contributed by atoms with Gasteiger partial charge in [-0.15, -0.1) is 0 Å². The van der Waals surface area contributed by atoms with Crippen molar-refractivity contribution < 1.29 is 0 Å². The van der Waals surface area contributed by atoms with Crippen LogP contribution in [-0.4, -0.2) is 0 Å². The van der Waals surface area contributed by atoms with Crippen molar-refractivity contribution in [2.45, 2.75) is 39.0 Å². The molecule has 0 aromatic heterocycles. The molecule has 0 aliphatic heterocycles. The molecule has 0 aromatic carbocycles. The lowest BCUT2D eigenvalue weighted by Crippen LogP contribution is -1.75. The standard InChI is InChI=1S/C18H26/c1-4-7-10-11-12-14-17-18(15-9-6-3)16-13-8-5-2/h4,6-7,9-10,14-17H,1,3,5,8,11-13H2,2H3. The molecule has 0 unspecified atom stereocenters. The molecule has 0 aliphatic rings. The second-order valence-electron chi connectivity index (χ2n) is 4.08. The Hall–Kier alpha value is -1.56. The maximum atomic E-state index is 3.70. The SMILES string of the molecule is C=CC=CCCC=CC(C=CC=C)=CCCCC. The topological polar surface area (TPSA) is 0 Å². The van der Waals surface area contributed by atoms with Crippen LogP contribution in [0.25, 0.3) is 0 Å². The number of hydrogen-bond acceptors (Lipinski definition) is 0. The van der Waals surface area contributed by atoms with Gasteiger partial charge in [0.2, 0.25) is 0 Å². The van der Waals surface area contributed by atoms with E-state index in [0.717, 1.165) is 19.3 Å². The lowest BCUT2D eigenvalue weighted by Gasteiger charge is -1.95. The molecule has 0 fully saturated rings. The Balaban J connectivity index is 4.21. The first-order valence-electron chi connectivity index (χ1n) is 6.78. The van der Waals surface area contributed by atoms with E-state index in [9.17, 15) is 0 Å². The molecule has 0 nitrogen and oxygen atoms in total. The third-order valence-electron chi connectivity index (χ3n) is 2.44. The predicted molar refractivity (Wildman–Crippen MR) is 84.7 cm³/mol. The van der Waals surface area contributed by atoms with E-state index < -0.39 is 0 Å². The number of rotatable bonds is 10. The molecule has 0 aromatic rings. The fourth-order valence-electron chi connectivity index (χ4n) is 1.45. The van der Waals surface area contributed by atoms with Crippen LogP contribution in [0.3, 0.4) is 0 Å². The van der Waals surface area contributed by atoms with Gasteiger partial charge in [0.1, 0.15) is 0 Å². The van der Waals surface area contributed by atoms with Crippen molar-refractivity contribution in [3.63, 3.8) is 0 Å². The van der Waals surface area contributed by atoms with Gasteiger partial charge in [0.15, 0.2) is 0 Å². The van der Waals surface area contributed by atoms with Crippen LogP contribution in [0.2, 0.25) is 0 Å². The van der Waals surface area contributed by atoms with E-state index in [1.807, 2.05) is 24.3 Å². The highest BCUT2D eigenvalue weighted by Crippen LogP contribution is 2.06. The van der Waals surface area contributed by atoms with Crippen LogP contribution in [0.1, 0.15) is 39.0 Å². The van der Waals surface area contributed by atoms with Crippen molar-refractivity contribution in [3.8, 4) is 0 Å². The Labute approximate surface area is 113 Å². The van der Waals surface area contributed by atoms with Crippen LogP contribution in [0.5, 0.6) is 0 Å². The summed E-state index contributed by atoms with van der Waals surface area (Å²) >= 11 is 0. The summed E-state index contributed by atoms with van der Waals surface area (Å²) in [4.78, 5) is 0. The van der Waals surface area contributed by atoms with Crippen molar-refractivity contribution in [1.29, 1.82) is 0 Å². The molecule has 0 heteroatoms. The van der Waals surface area contributed by atoms with E-state index in [0.29, 0.717) is 0 Å². The Kier molecular flexibility index (Phi) is 12.3. The highest BCUT2D eigenvalue weighted by Gasteiger charge is 1.86. The average molecular weight is 242 g/mol. The minimum atomic E-state index is 1.07. The first kappa shape index (κ1) is 16.4. The maximum absolute atomic E-state index is 3.70. The van der Waals surface area contributed by atoms with Gasteiger partial charge in [-0.3, -0.25) is 0 Å². The average Bonchev–Trinajstić information content (AvgIpc) is 2.39. The normalized spacial score (nSPS) is 12.8. The third kappa shape index (κ3) is 10.9. The molecule has 0 amide bonds. The van der Waals surface area contributed by atoms with Gasteiger partial charge in [-0.25, -0.2) is 0 Å². The van der Waals surface area contributed by atoms with Crippen molar-refractivity contribution in [2.75, 3.05) is 0 Å². The molecular formula is C18H26. The zero-order valence-electron chi connectivity index (χ0n) is 11.6. The third-order valence-corrected chi connectivity index (χ3v) is 2.44. The van der Waals surface area contributed by atoms with Gasteiger partial charge >= 0.3 is 0 Å². The van der Waals surface area contributed by atoms with Crippen LogP contribution in [0.15, 0.2) is 73.4 Å². The zero-order valence-corrected chi connectivity index (χ0v) is 11.6. The minimum Gasteiger partial charge on any atom is -0.0991 e. The van der Waals surface area contributed by atoms with Gasteiger partial charge in [0.25, 0.3) is 0 Å². The molecule has 0 heterocycles. The van der Waals surface area contributed by atoms with Gasteiger partial charge in [-0.1, -0.05) is 87.6 Å². The lowest BCUT2D eigenvalue weighted by molar-refractivity contribution is 0.813. The molecule has 18 heavy (non-hydrogen) atoms. The summed E-state index contributed by atoms with van der Waals surface area (Å²) < 4.78 is 0. The molecule has 0 saturated heterocycles. The van der Waals surface area contributed by atoms with Gasteiger partial charge < -0.3 is 0 Å². The summed E-state index contributed by atoms with van der Waals surface area (Å²) in [5.74, 6) is 0. The molecule has 0 bridgehead atoms. The maximum Gasteiger partial charge on any atom is -0.0300 e. The molecule has 0 atom stereocenters. The Morgan fingerprint density at radius 1 is 0.889 bits per heavy atom. The quantitative estimate of drug-likeness (QED) is 0.329. The fraction of sp³-hybridized carbons (Fsp3) is 0.333. The second kappa shape index (κ2) is 13.5. The minimum absolute atomic E-state index is 1.07. The second-order valence-corrected chi connectivity index (χ2v) is 4.08. The van der Waals surface area contributed by atoms with E-state index in [2.05, 4.69) is 50.5 Å². The summed E-state index contributed by atoms with van der Waals surface area (Å²) in [5, 5.41) is 0. The van der Waals surface area contributed by atoms with Gasteiger partial charge in [0.05, 0.1) is 0 Å². The summed E-state index contributed by atoms with van der Waals surface area (Å²) in [5.41, 5.74) is 1.27. The monoisotopic (exact) mass is 242 g/mol. The van der Waals surface area contributed by atoms with Crippen molar-refractivity contribution >= 4 is 0 Å². The van der Waals surface area contributed by atoms with Crippen LogP contribution in [0, 0.1) is 0 Å². The van der Waals surface area contributed by atoms with Crippen LogP contribution in [0.4, 0.5) is 0 Å². The van der Waals surface area contributed by atoms with Crippen LogP contribution >= 0.6 is 0 Å². The Bertz CT molecular complexity index is 324. The van der Waals surface area contributed by atoms with E-state index in [1.165, 1.54) is 18.4 Å². The van der Waals surface area contributed by atoms with Crippen molar-refractivity contribution in [1.82, 2.24) is 0 Å². The zero-order chi connectivity index (χ0) is 13.5. The summed E-state index contributed by atoms with van der Waals surface area (Å²) in [6, 6.07) is 0. The summed E-state index contributed by atoms with van der Waals surface area (Å²) in [7, 11) is 0. The first-order valence-corrected chi connectivity index (χ1v) is 6.78. The highest BCUT2D eigenvalue weighted by atomic mass is 13.9. The Morgan fingerprint density at radius 3 is 2.28 bits per heavy atom. The predicted octanol–water partition coefficient (Wildman–Crippen LogP) is 5.92. The number of hydrogen-bond donors (Lipinski definition) is 0. The first-order chi connectivity index (χ1) is 8.85. The van der Waals surface area contributed by atoms with E-state index in [1.54, 1.807) is 0 Å². The van der Waals surface area contributed by atoms with Crippen molar-refractivity contribution in [2.24, 2.45) is 0 Å². The van der Waals surface area contributed by atoms with Gasteiger partial charge in [-0.2, -0.15) is 0 Å². The molecular weight excluding hydrogens is 216 g/mol. The fourth-order valence-corrected chi connectivity index (χ4v) is 1.45. The van der Waals surface area contributed by atoms with E-state index in [4.69, 9.17) is 0 Å². The Morgan fingerprint density at radius 2 is 1.61 bits per heavy atom. The molecule has 0 rings (SSSR count). The summed E-state index contributed by atoms with van der Waals surface area (Å²) in [6.45, 7) is 9.57. The number of allylic oxidation sites excluding steroid dienone is 10. The molecule has 0 N–H and O–H groups in total. The van der Waals surface area contributed by atoms with Gasteiger partial charge in [0, 0.05) is 0 Å². The van der Waals surface area contributed by atoms with Crippen LogP contribution in [-0.2, 0) is 0 Å². The molecule has 98 valence electrons. The number of unbranched alkanes of at least 4 members (excludes halogenated alkanes) is 3. The molecule has 0 radical (unpaired) electrons. The molecule has 0 spiro atoms. The van der Waals surface area contributed by atoms with Crippen molar-refractivity contribution in [3.05, 3.63) is 73.4 Å². The molecule has 0 aliphatic carbocycles. The smallest absolute Gasteiger partial charge is 0.0300 e. The lowest BCUT2D eigenvalue weighted by atomic mass is 10.1.